The van der Waals surface area contributed by atoms with Crippen LogP contribution in [0.4, 0.5) is 0 Å². The van der Waals surface area contributed by atoms with Crippen LogP contribution in [0.25, 0.3) is 0 Å². The average molecular weight is 661 g/mol. The molecular weight excluding hydrogens is 578 g/mol. The Kier molecular flexibility index (Phi) is 31.1. The molecule has 0 aromatic heterocycles. The molecule has 3 N–H and O–H groups in total. The Bertz CT molecular complexity index is 765. The molecular formula is C42H82N3O2+. The summed E-state index contributed by atoms with van der Waals surface area (Å²) >= 11 is 0. The number of nitrogens with zero attached hydrogens (tertiary/aromatic N) is 2. The fraction of sp³-hybridized carbons (Fsp3) is 0.881. The summed E-state index contributed by atoms with van der Waals surface area (Å²) in [5.74, 6) is 1.60. The Balaban J connectivity index is 2.01. The van der Waals surface area contributed by atoms with Crippen LogP contribution in [-0.4, -0.2) is 77.0 Å². The van der Waals surface area contributed by atoms with Crippen molar-refractivity contribution in [2.75, 3.05) is 39.3 Å². The number of hydrogen-bond donors (Lipinski definition) is 3. The van der Waals surface area contributed by atoms with Gasteiger partial charge in [0.2, 0.25) is 5.84 Å². The predicted octanol–water partition coefficient (Wildman–Crippen LogP) is 10.3. The quantitative estimate of drug-likeness (QED) is 0.0360. The smallest absolute Gasteiger partial charge is 0.247 e. The molecule has 2 atom stereocenters. The van der Waals surface area contributed by atoms with E-state index >= 15 is 0 Å². The number of rotatable bonds is 35. The number of hydrogen-bond acceptors (Lipinski definition) is 4. The van der Waals surface area contributed by atoms with E-state index in [9.17, 15) is 10.2 Å². The molecule has 0 aromatic rings. The molecule has 0 aromatic carbocycles. The van der Waals surface area contributed by atoms with Crippen molar-refractivity contribution in [1.29, 1.82) is 0 Å². The zero-order valence-corrected chi connectivity index (χ0v) is 31.9. The van der Waals surface area contributed by atoms with E-state index in [4.69, 9.17) is 0 Å². The van der Waals surface area contributed by atoms with Crippen LogP contribution >= 0.6 is 0 Å². The van der Waals surface area contributed by atoms with Gasteiger partial charge in [0.05, 0.1) is 25.3 Å². The Morgan fingerprint density at radius 1 is 0.617 bits per heavy atom. The van der Waals surface area contributed by atoms with Gasteiger partial charge in [0.25, 0.3) is 0 Å². The lowest BCUT2D eigenvalue weighted by Crippen LogP contribution is -2.32. The first-order valence-corrected chi connectivity index (χ1v) is 20.8. The van der Waals surface area contributed by atoms with Gasteiger partial charge in [-0.25, -0.2) is 0 Å². The fourth-order valence-electron chi connectivity index (χ4n) is 6.82. The van der Waals surface area contributed by atoms with Crippen LogP contribution in [0.1, 0.15) is 188 Å². The zero-order chi connectivity index (χ0) is 34.0. The van der Waals surface area contributed by atoms with E-state index in [1.54, 1.807) is 5.84 Å². The van der Waals surface area contributed by atoms with Gasteiger partial charge in [0, 0.05) is 13.0 Å². The van der Waals surface area contributed by atoms with Gasteiger partial charge in [-0.2, -0.15) is 0 Å². The predicted molar refractivity (Wildman–Crippen MR) is 207 cm³/mol. The van der Waals surface area contributed by atoms with Crippen LogP contribution in [0.2, 0.25) is 0 Å². The third kappa shape index (κ3) is 26.4. The van der Waals surface area contributed by atoms with Gasteiger partial charge in [0.15, 0.2) is 0 Å². The van der Waals surface area contributed by atoms with Crippen LogP contribution in [0.5, 0.6) is 0 Å². The first kappa shape index (κ1) is 43.9. The molecule has 0 bridgehead atoms. The molecule has 2 unspecified atom stereocenters. The second-order valence-electron chi connectivity index (χ2n) is 14.4. The first-order valence-electron chi connectivity index (χ1n) is 20.8. The molecule has 0 radical (unpaired) electrons. The standard InChI is InChI=1S/C42H82N3O2/c1-4-7-9-24-30-40(46)32-26-20-16-12-11-15-19-23-29-35-43-36-37-45-39-38-44(6-3)42(45)34-28-22-18-14-13-17-21-27-33-41(47)31-25-10-8-5-2/h20-21,26-27,40-41,43,46-47H,4-19,22-25,28-39H2,1-3H3/q+1/b26-20-,27-21-. The number of unbranched alkanes of at least 4 members (excludes halogenated alkanes) is 17. The summed E-state index contributed by atoms with van der Waals surface area (Å²) in [5, 5.41) is 23.9. The van der Waals surface area contributed by atoms with E-state index in [0.29, 0.717) is 0 Å². The minimum Gasteiger partial charge on any atom is -0.393 e. The van der Waals surface area contributed by atoms with Gasteiger partial charge in [0.1, 0.15) is 13.1 Å². The summed E-state index contributed by atoms with van der Waals surface area (Å²) in [6, 6.07) is 0. The largest absolute Gasteiger partial charge is 0.393 e. The molecule has 0 fully saturated rings. The molecule has 276 valence electrons. The molecule has 1 heterocycles. The summed E-state index contributed by atoms with van der Waals surface area (Å²) in [7, 11) is 0. The number of aliphatic hydroxyl groups is 2. The van der Waals surface area contributed by atoms with Crippen molar-refractivity contribution < 1.29 is 14.8 Å². The van der Waals surface area contributed by atoms with Crippen LogP contribution in [0.3, 0.4) is 0 Å². The van der Waals surface area contributed by atoms with E-state index in [-0.39, 0.29) is 12.2 Å². The molecule has 1 aliphatic rings. The van der Waals surface area contributed by atoms with Gasteiger partial charge >= 0.3 is 0 Å². The van der Waals surface area contributed by atoms with Crippen molar-refractivity contribution in [1.82, 2.24) is 10.2 Å². The molecule has 0 amide bonds. The third-order valence-electron chi connectivity index (χ3n) is 9.99. The summed E-state index contributed by atoms with van der Waals surface area (Å²) in [6.45, 7) is 13.7. The number of aliphatic hydroxyl groups excluding tert-OH is 2. The highest BCUT2D eigenvalue weighted by Gasteiger charge is 2.27. The van der Waals surface area contributed by atoms with Crippen molar-refractivity contribution in [3.8, 4) is 0 Å². The Hall–Kier alpha value is -1.17. The van der Waals surface area contributed by atoms with Gasteiger partial charge in [-0.05, 0) is 77.7 Å². The van der Waals surface area contributed by atoms with Crippen molar-refractivity contribution in [2.45, 2.75) is 200 Å². The third-order valence-corrected chi connectivity index (χ3v) is 9.99. The second kappa shape index (κ2) is 33.3. The monoisotopic (exact) mass is 661 g/mol. The fourth-order valence-corrected chi connectivity index (χ4v) is 6.82. The maximum Gasteiger partial charge on any atom is 0.247 e. The van der Waals surface area contributed by atoms with E-state index < -0.39 is 0 Å². The summed E-state index contributed by atoms with van der Waals surface area (Å²) in [4.78, 5) is 2.61. The molecule has 0 spiro atoms. The van der Waals surface area contributed by atoms with Crippen molar-refractivity contribution in [3.63, 3.8) is 0 Å². The maximum absolute atomic E-state index is 10.1. The van der Waals surface area contributed by atoms with E-state index in [2.05, 4.69) is 59.9 Å². The van der Waals surface area contributed by atoms with Crippen LogP contribution in [-0.2, 0) is 0 Å². The number of likely N-dealkylation sites (N-methyl/N-ethyl adjacent to an activating group) is 1. The molecule has 0 saturated heterocycles. The lowest BCUT2D eigenvalue weighted by molar-refractivity contribution is -0.517. The summed E-state index contributed by atoms with van der Waals surface area (Å²) < 4.78 is 2.66. The van der Waals surface area contributed by atoms with Gasteiger partial charge in [-0.3, -0.25) is 9.48 Å². The van der Waals surface area contributed by atoms with Crippen LogP contribution < -0.4 is 5.32 Å². The van der Waals surface area contributed by atoms with Gasteiger partial charge < -0.3 is 15.5 Å². The van der Waals surface area contributed by atoms with E-state index in [1.807, 2.05) is 0 Å². The Morgan fingerprint density at radius 2 is 1.13 bits per heavy atom. The SMILES string of the molecule is CCCCCCC(O)C/C=C\CCCCCCCCNCC[N+]1=C(CCCCCCC/C=C\CC(O)CCCCCC)N(CC)CC1. The van der Waals surface area contributed by atoms with Crippen molar-refractivity contribution in [2.24, 2.45) is 0 Å². The Morgan fingerprint density at radius 3 is 1.68 bits per heavy atom. The summed E-state index contributed by atoms with van der Waals surface area (Å²) in [5.41, 5.74) is 0. The number of nitrogens with one attached hydrogen (secondary N) is 1. The molecule has 1 rings (SSSR count). The van der Waals surface area contributed by atoms with Gasteiger partial charge in [-0.1, -0.05) is 134 Å². The second-order valence-corrected chi connectivity index (χ2v) is 14.4. The first-order chi connectivity index (χ1) is 23.1. The lowest BCUT2D eigenvalue weighted by Gasteiger charge is -2.12. The minimum absolute atomic E-state index is 0.139. The van der Waals surface area contributed by atoms with Crippen molar-refractivity contribution in [3.05, 3.63) is 24.3 Å². The maximum atomic E-state index is 10.1. The molecule has 1 aliphatic heterocycles. The van der Waals surface area contributed by atoms with Crippen LogP contribution in [0, 0.1) is 0 Å². The molecule has 0 aliphatic carbocycles. The van der Waals surface area contributed by atoms with Gasteiger partial charge in [-0.15, -0.1) is 0 Å². The molecule has 5 heteroatoms. The van der Waals surface area contributed by atoms with Crippen molar-refractivity contribution >= 4 is 5.84 Å². The molecule has 47 heavy (non-hydrogen) atoms. The van der Waals surface area contributed by atoms with E-state index in [0.717, 1.165) is 58.3 Å². The Labute approximate surface area is 293 Å². The topological polar surface area (TPSA) is 58.7 Å². The highest BCUT2D eigenvalue weighted by molar-refractivity contribution is 5.78. The van der Waals surface area contributed by atoms with E-state index in [1.165, 1.54) is 148 Å². The molecule has 0 saturated carbocycles. The number of allylic oxidation sites excluding steroid dienone is 2. The average Bonchev–Trinajstić information content (AvgIpc) is 3.47. The summed E-state index contributed by atoms with van der Waals surface area (Å²) in [6.07, 6.45) is 40.4. The molecule has 5 nitrogen and oxygen atoms in total. The normalized spacial score (nSPS) is 15.2. The zero-order valence-electron chi connectivity index (χ0n) is 31.9. The highest BCUT2D eigenvalue weighted by Crippen LogP contribution is 2.14. The lowest BCUT2D eigenvalue weighted by atomic mass is 10.1. The van der Waals surface area contributed by atoms with Crippen LogP contribution in [0.15, 0.2) is 24.3 Å². The highest BCUT2D eigenvalue weighted by atomic mass is 16.3. The number of amidine groups is 1. The minimum atomic E-state index is -0.143.